The van der Waals surface area contributed by atoms with Gasteiger partial charge < -0.3 is 5.32 Å². The van der Waals surface area contributed by atoms with Crippen LogP contribution in [0.3, 0.4) is 0 Å². The Labute approximate surface area is 171 Å². The zero-order valence-corrected chi connectivity index (χ0v) is 16.5. The van der Waals surface area contributed by atoms with E-state index in [4.69, 9.17) is 0 Å². The van der Waals surface area contributed by atoms with Crippen molar-refractivity contribution < 1.29 is 4.79 Å². The van der Waals surface area contributed by atoms with Crippen molar-refractivity contribution in [1.82, 2.24) is 14.8 Å². The van der Waals surface area contributed by atoms with Crippen LogP contribution in [0.4, 0.5) is 5.69 Å². The number of anilines is 1. The first-order valence-corrected chi connectivity index (χ1v) is 9.92. The summed E-state index contributed by atoms with van der Waals surface area (Å²) in [6.45, 7) is 1.79. The fourth-order valence-corrected chi connectivity index (χ4v) is 3.54. The van der Waals surface area contributed by atoms with Crippen LogP contribution in [0.1, 0.15) is 5.01 Å². The maximum Gasteiger partial charge on any atom is 0.267 e. The van der Waals surface area contributed by atoms with Gasteiger partial charge in [-0.25, -0.2) is 9.67 Å². The number of carbonyl (C=O) groups is 1. The first-order valence-electron chi connectivity index (χ1n) is 9.04. The van der Waals surface area contributed by atoms with Crippen molar-refractivity contribution in [3.05, 3.63) is 87.5 Å². The highest BCUT2D eigenvalue weighted by Gasteiger charge is 2.10. The molecule has 2 aromatic carbocycles. The van der Waals surface area contributed by atoms with Gasteiger partial charge in [-0.2, -0.15) is 5.10 Å². The number of nitrogens with one attached hydrogen (secondary N) is 1. The van der Waals surface area contributed by atoms with E-state index in [1.165, 1.54) is 10.7 Å². The molecule has 0 bridgehead atoms. The molecule has 6 nitrogen and oxygen atoms in total. The Kier molecular flexibility index (Phi) is 5.31. The van der Waals surface area contributed by atoms with E-state index in [9.17, 15) is 9.59 Å². The minimum Gasteiger partial charge on any atom is -0.324 e. The van der Waals surface area contributed by atoms with Crippen LogP contribution in [0.15, 0.2) is 76.9 Å². The molecule has 2 aromatic heterocycles. The summed E-state index contributed by atoms with van der Waals surface area (Å²) in [7, 11) is 0. The third-order valence-corrected chi connectivity index (χ3v) is 5.06. The lowest BCUT2D eigenvalue weighted by molar-refractivity contribution is -0.117. The number of benzene rings is 2. The molecule has 1 N–H and O–H groups in total. The van der Waals surface area contributed by atoms with Crippen LogP contribution in [-0.4, -0.2) is 20.7 Å². The van der Waals surface area contributed by atoms with Crippen molar-refractivity contribution in [3.8, 4) is 22.5 Å². The van der Waals surface area contributed by atoms with E-state index in [0.29, 0.717) is 11.4 Å². The monoisotopic (exact) mass is 402 g/mol. The molecule has 29 heavy (non-hydrogen) atoms. The predicted molar refractivity (Wildman–Crippen MR) is 115 cm³/mol. The normalized spacial score (nSPS) is 10.7. The van der Waals surface area contributed by atoms with Crippen molar-refractivity contribution in [2.24, 2.45) is 0 Å². The number of hydrogen-bond acceptors (Lipinski definition) is 5. The van der Waals surface area contributed by atoms with Crippen molar-refractivity contribution in [1.29, 1.82) is 0 Å². The second kappa shape index (κ2) is 8.20. The van der Waals surface area contributed by atoms with Gasteiger partial charge in [0.1, 0.15) is 6.54 Å². The van der Waals surface area contributed by atoms with E-state index in [1.54, 1.807) is 23.5 Å². The molecule has 0 unspecified atom stereocenters. The summed E-state index contributed by atoms with van der Waals surface area (Å²) in [6, 6.07) is 20.1. The Morgan fingerprint density at radius 2 is 1.79 bits per heavy atom. The molecule has 4 aromatic rings. The van der Waals surface area contributed by atoms with Gasteiger partial charge in [0.25, 0.3) is 5.56 Å². The molecule has 144 valence electrons. The van der Waals surface area contributed by atoms with E-state index in [2.05, 4.69) is 15.4 Å². The van der Waals surface area contributed by atoms with Gasteiger partial charge >= 0.3 is 0 Å². The van der Waals surface area contributed by atoms with Crippen LogP contribution in [0.2, 0.25) is 0 Å². The van der Waals surface area contributed by atoms with Gasteiger partial charge in [-0.05, 0) is 25.1 Å². The fourth-order valence-electron chi connectivity index (χ4n) is 2.91. The highest BCUT2D eigenvalue weighted by atomic mass is 32.1. The molecular weight excluding hydrogens is 384 g/mol. The Morgan fingerprint density at radius 3 is 2.55 bits per heavy atom. The Hall–Kier alpha value is -3.58. The first kappa shape index (κ1) is 18.8. The van der Waals surface area contributed by atoms with Crippen molar-refractivity contribution >= 4 is 22.9 Å². The highest BCUT2D eigenvalue weighted by Crippen LogP contribution is 2.24. The molecular formula is C22H18N4O2S. The van der Waals surface area contributed by atoms with E-state index < -0.39 is 0 Å². The molecule has 0 saturated heterocycles. The summed E-state index contributed by atoms with van der Waals surface area (Å²) in [5, 5.41) is 10.1. The molecule has 2 heterocycles. The predicted octanol–water partition coefficient (Wildman–Crippen LogP) is 3.98. The lowest BCUT2D eigenvalue weighted by Crippen LogP contribution is -2.29. The Morgan fingerprint density at radius 1 is 1.00 bits per heavy atom. The maximum atomic E-state index is 12.5. The molecule has 0 aliphatic rings. The second-order valence-corrected chi connectivity index (χ2v) is 7.52. The zero-order chi connectivity index (χ0) is 20.2. The van der Waals surface area contributed by atoms with E-state index in [0.717, 1.165) is 21.8 Å². The first-order chi connectivity index (χ1) is 14.1. The maximum absolute atomic E-state index is 12.5. The molecule has 0 fully saturated rings. The molecule has 7 heteroatoms. The number of aromatic nitrogens is 3. The smallest absolute Gasteiger partial charge is 0.267 e. The SMILES string of the molecule is Cc1nc(-c2cccc(NC(=O)Cn3nc(-c4ccccc4)ccc3=O)c2)cs1. The zero-order valence-electron chi connectivity index (χ0n) is 15.7. The van der Waals surface area contributed by atoms with Crippen LogP contribution in [-0.2, 0) is 11.3 Å². The van der Waals surface area contributed by atoms with Gasteiger partial charge in [0, 0.05) is 28.3 Å². The molecule has 0 radical (unpaired) electrons. The molecule has 0 spiro atoms. The Bertz CT molecular complexity index is 1210. The third kappa shape index (κ3) is 4.47. The van der Waals surface area contributed by atoms with Gasteiger partial charge in [-0.3, -0.25) is 9.59 Å². The van der Waals surface area contributed by atoms with Crippen LogP contribution >= 0.6 is 11.3 Å². The van der Waals surface area contributed by atoms with E-state index in [-0.39, 0.29) is 18.0 Å². The van der Waals surface area contributed by atoms with Gasteiger partial charge in [-0.15, -0.1) is 11.3 Å². The molecule has 0 aliphatic carbocycles. The minimum atomic E-state index is -0.327. The number of amides is 1. The van der Waals surface area contributed by atoms with Gasteiger partial charge in [-0.1, -0.05) is 42.5 Å². The minimum absolute atomic E-state index is 0.167. The second-order valence-electron chi connectivity index (χ2n) is 6.46. The summed E-state index contributed by atoms with van der Waals surface area (Å²) < 4.78 is 1.17. The van der Waals surface area contributed by atoms with Crippen LogP contribution < -0.4 is 10.9 Å². The number of hydrogen-bond donors (Lipinski definition) is 1. The van der Waals surface area contributed by atoms with Crippen molar-refractivity contribution in [2.45, 2.75) is 13.5 Å². The van der Waals surface area contributed by atoms with Crippen molar-refractivity contribution in [2.75, 3.05) is 5.32 Å². The molecule has 0 saturated carbocycles. The molecule has 4 rings (SSSR count). The summed E-state index contributed by atoms with van der Waals surface area (Å²) in [5.74, 6) is -0.323. The van der Waals surface area contributed by atoms with Crippen molar-refractivity contribution in [3.63, 3.8) is 0 Å². The summed E-state index contributed by atoms with van der Waals surface area (Å²) in [4.78, 5) is 29.1. The number of carbonyl (C=O) groups excluding carboxylic acids is 1. The number of nitrogens with zero attached hydrogens (tertiary/aromatic N) is 3. The lowest BCUT2D eigenvalue weighted by atomic mass is 10.1. The summed E-state index contributed by atoms with van der Waals surface area (Å²) in [6.07, 6.45) is 0. The van der Waals surface area contributed by atoms with Gasteiger partial charge in [0.15, 0.2) is 0 Å². The molecule has 0 aliphatic heterocycles. The molecule has 0 atom stereocenters. The van der Waals surface area contributed by atoms with Crippen LogP contribution in [0, 0.1) is 6.92 Å². The number of aryl methyl sites for hydroxylation is 1. The van der Waals surface area contributed by atoms with E-state index in [1.807, 2.05) is 60.8 Å². The summed E-state index contributed by atoms with van der Waals surface area (Å²) in [5.41, 5.74) is 3.63. The topological polar surface area (TPSA) is 76.9 Å². The highest BCUT2D eigenvalue weighted by molar-refractivity contribution is 7.09. The number of rotatable bonds is 5. The van der Waals surface area contributed by atoms with Crippen LogP contribution in [0.25, 0.3) is 22.5 Å². The summed E-state index contributed by atoms with van der Waals surface area (Å²) >= 11 is 1.58. The standard InChI is InChI=1S/C22H18N4O2S/c1-15-23-20(14-29-15)17-8-5-9-18(12-17)24-21(27)13-26-22(28)11-10-19(25-26)16-6-3-2-4-7-16/h2-12,14H,13H2,1H3,(H,24,27). The van der Waals surface area contributed by atoms with E-state index >= 15 is 0 Å². The quantitative estimate of drug-likeness (QED) is 0.548. The van der Waals surface area contributed by atoms with Crippen LogP contribution in [0.5, 0.6) is 0 Å². The average Bonchev–Trinajstić information content (AvgIpc) is 3.17. The Balaban J connectivity index is 1.51. The third-order valence-electron chi connectivity index (χ3n) is 4.29. The number of thiazole rings is 1. The largest absolute Gasteiger partial charge is 0.324 e. The van der Waals surface area contributed by atoms with Gasteiger partial charge in [0.05, 0.1) is 16.4 Å². The molecule has 1 amide bonds. The van der Waals surface area contributed by atoms with Gasteiger partial charge in [0.2, 0.25) is 5.91 Å². The lowest BCUT2D eigenvalue weighted by Gasteiger charge is -2.09. The fraction of sp³-hybridized carbons (Fsp3) is 0.0909. The average molecular weight is 402 g/mol.